The van der Waals surface area contributed by atoms with Gasteiger partial charge in [-0.2, -0.15) is 5.26 Å². The summed E-state index contributed by atoms with van der Waals surface area (Å²) in [6.45, 7) is 2.27. The van der Waals surface area contributed by atoms with Crippen molar-refractivity contribution >= 4 is 5.69 Å². The van der Waals surface area contributed by atoms with E-state index in [0.717, 1.165) is 17.4 Å². The Morgan fingerprint density at radius 1 is 1.29 bits per heavy atom. The molecule has 2 rings (SSSR count). The highest BCUT2D eigenvalue weighted by Gasteiger charge is 2.20. The van der Waals surface area contributed by atoms with Crippen molar-refractivity contribution in [2.75, 3.05) is 12.4 Å². The molecule has 1 aromatic rings. The number of rotatable bonds is 5. The van der Waals surface area contributed by atoms with Crippen LogP contribution in [0.5, 0.6) is 5.75 Å². The van der Waals surface area contributed by atoms with Gasteiger partial charge < -0.3 is 10.1 Å². The fourth-order valence-corrected chi connectivity index (χ4v) is 3.37. The van der Waals surface area contributed by atoms with Crippen LogP contribution in [0.15, 0.2) is 18.2 Å². The number of nitrogens with zero attached hydrogens (tertiary/aromatic N) is 1. The van der Waals surface area contributed by atoms with E-state index in [1.807, 2.05) is 18.2 Å². The second-order valence-corrected chi connectivity index (χ2v) is 6.00. The molecule has 3 nitrogen and oxygen atoms in total. The topological polar surface area (TPSA) is 45.0 Å². The van der Waals surface area contributed by atoms with Crippen LogP contribution >= 0.6 is 0 Å². The highest BCUT2D eigenvalue weighted by molar-refractivity contribution is 5.66. The molecular formula is C18H26N2O. The van der Waals surface area contributed by atoms with Gasteiger partial charge in [0.1, 0.15) is 11.8 Å². The van der Waals surface area contributed by atoms with E-state index in [-0.39, 0.29) is 0 Å². The van der Waals surface area contributed by atoms with Crippen LogP contribution in [0.25, 0.3) is 0 Å². The first-order valence-electron chi connectivity index (χ1n) is 8.12. The number of nitriles is 1. The van der Waals surface area contributed by atoms with Crippen LogP contribution < -0.4 is 10.1 Å². The summed E-state index contributed by atoms with van der Waals surface area (Å²) in [6, 6.07) is 8.35. The van der Waals surface area contributed by atoms with Gasteiger partial charge in [0.05, 0.1) is 18.4 Å². The monoisotopic (exact) mass is 286 g/mol. The Labute approximate surface area is 128 Å². The fourth-order valence-electron chi connectivity index (χ4n) is 3.37. The molecular weight excluding hydrogens is 260 g/mol. The first-order valence-corrected chi connectivity index (χ1v) is 8.12. The van der Waals surface area contributed by atoms with E-state index in [0.29, 0.717) is 11.6 Å². The van der Waals surface area contributed by atoms with Gasteiger partial charge in [-0.1, -0.05) is 38.7 Å². The van der Waals surface area contributed by atoms with E-state index in [9.17, 15) is 5.26 Å². The second-order valence-electron chi connectivity index (χ2n) is 6.00. The van der Waals surface area contributed by atoms with Gasteiger partial charge in [-0.05, 0) is 37.3 Å². The van der Waals surface area contributed by atoms with E-state index in [1.165, 1.54) is 44.9 Å². The molecule has 1 aromatic carbocycles. The maximum absolute atomic E-state index is 9.29. The predicted octanol–water partition coefficient (Wildman–Crippen LogP) is 4.73. The summed E-state index contributed by atoms with van der Waals surface area (Å²) in [5.41, 5.74) is 1.53. The number of benzene rings is 1. The largest absolute Gasteiger partial charge is 0.495 e. The lowest BCUT2D eigenvalue weighted by Crippen LogP contribution is -2.19. The third-order valence-corrected chi connectivity index (χ3v) is 4.50. The minimum absolute atomic E-state index is 0.454. The van der Waals surface area contributed by atoms with Crippen LogP contribution in [-0.4, -0.2) is 13.2 Å². The number of para-hydroxylation sites is 1. The zero-order valence-electron chi connectivity index (χ0n) is 13.2. The highest BCUT2D eigenvalue weighted by atomic mass is 16.5. The summed E-state index contributed by atoms with van der Waals surface area (Å²) in [4.78, 5) is 0. The summed E-state index contributed by atoms with van der Waals surface area (Å²) in [7, 11) is 1.66. The van der Waals surface area contributed by atoms with Crippen molar-refractivity contribution in [3.8, 4) is 11.8 Å². The molecule has 0 aliphatic heterocycles. The van der Waals surface area contributed by atoms with Gasteiger partial charge in [0.2, 0.25) is 0 Å². The van der Waals surface area contributed by atoms with Gasteiger partial charge in [-0.15, -0.1) is 0 Å². The van der Waals surface area contributed by atoms with E-state index < -0.39 is 0 Å². The van der Waals surface area contributed by atoms with Crippen molar-refractivity contribution in [3.63, 3.8) is 0 Å². The first-order chi connectivity index (χ1) is 10.3. The van der Waals surface area contributed by atoms with Gasteiger partial charge >= 0.3 is 0 Å². The van der Waals surface area contributed by atoms with Crippen molar-refractivity contribution in [1.82, 2.24) is 0 Å². The summed E-state index contributed by atoms with van der Waals surface area (Å²) in [5.74, 6) is 1.65. The Balaban J connectivity index is 2.06. The molecule has 0 aromatic heterocycles. The quantitative estimate of drug-likeness (QED) is 0.796. The molecule has 2 atom stereocenters. The fraction of sp³-hybridized carbons (Fsp3) is 0.611. The van der Waals surface area contributed by atoms with Gasteiger partial charge in [0.25, 0.3) is 0 Å². The van der Waals surface area contributed by atoms with E-state index in [1.54, 1.807) is 7.11 Å². The zero-order valence-corrected chi connectivity index (χ0v) is 13.2. The van der Waals surface area contributed by atoms with E-state index in [2.05, 4.69) is 18.3 Å². The molecule has 0 amide bonds. The number of ether oxygens (including phenoxy) is 1. The smallest absolute Gasteiger partial charge is 0.143 e. The normalized spacial score (nSPS) is 22.1. The lowest BCUT2D eigenvalue weighted by atomic mass is 9.95. The molecule has 1 aliphatic carbocycles. The third kappa shape index (κ3) is 4.14. The van der Waals surface area contributed by atoms with Crippen LogP contribution in [-0.2, 0) is 0 Å². The third-order valence-electron chi connectivity index (χ3n) is 4.50. The average molecular weight is 286 g/mol. The molecule has 0 heterocycles. The molecule has 1 fully saturated rings. The predicted molar refractivity (Wildman–Crippen MR) is 86.6 cm³/mol. The van der Waals surface area contributed by atoms with Gasteiger partial charge in [-0.25, -0.2) is 0 Å². The molecule has 0 saturated heterocycles. The molecule has 2 unspecified atom stereocenters. The Morgan fingerprint density at radius 3 is 2.86 bits per heavy atom. The van der Waals surface area contributed by atoms with Crippen LogP contribution in [0.3, 0.4) is 0 Å². The molecule has 0 bridgehead atoms. The van der Waals surface area contributed by atoms with E-state index in [4.69, 9.17) is 4.74 Å². The van der Waals surface area contributed by atoms with Crippen LogP contribution in [0.2, 0.25) is 0 Å². The molecule has 21 heavy (non-hydrogen) atoms. The zero-order chi connectivity index (χ0) is 15.1. The van der Waals surface area contributed by atoms with Crippen molar-refractivity contribution in [3.05, 3.63) is 23.8 Å². The molecule has 1 saturated carbocycles. The minimum atomic E-state index is 0.454. The number of hydrogen-bond donors (Lipinski definition) is 1. The summed E-state index contributed by atoms with van der Waals surface area (Å²) < 4.78 is 5.41. The highest BCUT2D eigenvalue weighted by Crippen LogP contribution is 2.32. The van der Waals surface area contributed by atoms with Crippen molar-refractivity contribution in [2.24, 2.45) is 5.92 Å². The molecule has 1 aliphatic rings. The number of nitrogens with one attached hydrogen (secondary N) is 1. The van der Waals surface area contributed by atoms with Gasteiger partial charge in [-0.3, -0.25) is 0 Å². The number of methoxy groups -OCH3 is 1. The SMILES string of the molecule is CCCC1CCCC(Nc2c(C#N)cccc2OC)CC1. The first kappa shape index (κ1) is 15.7. The Bertz CT molecular complexity index is 492. The molecule has 0 spiro atoms. The van der Waals surface area contributed by atoms with Gasteiger partial charge in [0, 0.05) is 6.04 Å². The summed E-state index contributed by atoms with van der Waals surface area (Å²) >= 11 is 0. The van der Waals surface area contributed by atoms with Crippen LogP contribution in [0.1, 0.15) is 57.4 Å². The van der Waals surface area contributed by atoms with Crippen molar-refractivity contribution < 1.29 is 4.74 Å². The molecule has 0 radical (unpaired) electrons. The maximum Gasteiger partial charge on any atom is 0.143 e. The average Bonchev–Trinajstić information content (AvgIpc) is 2.73. The lowest BCUT2D eigenvalue weighted by molar-refractivity contribution is 0.414. The Kier molecular flexibility index (Phi) is 5.92. The summed E-state index contributed by atoms with van der Waals surface area (Å²) in [5, 5.41) is 12.9. The van der Waals surface area contributed by atoms with Crippen LogP contribution in [0.4, 0.5) is 5.69 Å². The molecule has 1 N–H and O–H groups in total. The van der Waals surface area contributed by atoms with Crippen LogP contribution in [0, 0.1) is 17.2 Å². The Morgan fingerprint density at radius 2 is 2.14 bits per heavy atom. The minimum Gasteiger partial charge on any atom is -0.495 e. The number of anilines is 1. The Hall–Kier alpha value is -1.69. The standard InChI is InChI=1S/C18H26N2O/c1-3-6-14-7-4-9-16(12-11-14)20-18-15(13-19)8-5-10-17(18)21-2/h5,8,10,14,16,20H,3-4,6-7,9,11-12H2,1-2H3. The van der Waals surface area contributed by atoms with E-state index >= 15 is 0 Å². The van der Waals surface area contributed by atoms with Crippen molar-refractivity contribution in [2.45, 2.75) is 57.9 Å². The summed E-state index contributed by atoms with van der Waals surface area (Å²) in [6.07, 6.45) is 8.93. The molecule has 3 heteroatoms. The maximum atomic E-state index is 9.29. The molecule has 114 valence electrons. The van der Waals surface area contributed by atoms with Crippen molar-refractivity contribution in [1.29, 1.82) is 5.26 Å². The number of hydrogen-bond acceptors (Lipinski definition) is 3. The van der Waals surface area contributed by atoms with Gasteiger partial charge in [0.15, 0.2) is 0 Å². The lowest BCUT2D eigenvalue weighted by Gasteiger charge is -2.20. The second kappa shape index (κ2) is 7.93.